The van der Waals surface area contributed by atoms with Gasteiger partial charge in [-0.25, -0.2) is 17.7 Å². The maximum atomic E-state index is 12.1. The molecule has 2 rings (SSSR count). The third kappa shape index (κ3) is 3.00. The summed E-state index contributed by atoms with van der Waals surface area (Å²) in [6.07, 6.45) is 3.50. The van der Waals surface area contributed by atoms with Crippen molar-refractivity contribution in [3.8, 4) is 0 Å². The molecule has 1 heterocycles. The van der Waals surface area contributed by atoms with E-state index in [1.165, 1.54) is 18.4 Å². The van der Waals surface area contributed by atoms with Crippen LogP contribution in [-0.2, 0) is 23.6 Å². The monoisotopic (exact) mass is 294 g/mol. The highest BCUT2D eigenvalue weighted by molar-refractivity contribution is 7.89. The number of anilines is 1. The van der Waals surface area contributed by atoms with E-state index in [2.05, 4.69) is 10.3 Å². The molecule has 108 valence electrons. The van der Waals surface area contributed by atoms with Crippen LogP contribution in [0.1, 0.15) is 5.69 Å². The molecule has 7 heteroatoms. The van der Waals surface area contributed by atoms with Crippen LogP contribution in [0.3, 0.4) is 0 Å². The Balaban J connectivity index is 2.17. The Labute approximate surface area is 119 Å². The van der Waals surface area contributed by atoms with E-state index < -0.39 is 10.0 Å². The van der Waals surface area contributed by atoms with Gasteiger partial charge in [-0.05, 0) is 18.2 Å². The standard InChI is InChI=1S/C13H18N4O2S/c1-16(2)20(18,19)13-6-4-5-11(7-13)15-9-12-8-14-10-17(12)3/h4-8,10,15H,9H2,1-3H3. The Bertz CT molecular complexity index is 692. The van der Waals surface area contributed by atoms with Crippen molar-refractivity contribution in [3.05, 3.63) is 42.5 Å². The average Bonchev–Trinajstić information content (AvgIpc) is 2.82. The maximum Gasteiger partial charge on any atom is 0.242 e. The summed E-state index contributed by atoms with van der Waals surface area (Å²) < 4.78 is 27.2. The van der Waals surface area contributed by atoms with Gasteiger partial charge in [0.2, 0.25) is 10.0 Å². The molecule has 2 aromatic rings. The van der Waals surface area contributed by atoms with Crippen molar-refractivity contribution in [2.75, 3.05) is 19.4 Å². The molecule has 6 nitrogen and oxygen atoms in total. The fraction of sp³-hybridized carbons (Fsp3) is 0.308. The molecule has 20 heavy (non-hydrogen) atoms. The van der Waals surface area contributed by atoms with E-state index in [0.717, 1.165) is 11.4 Å². The lowest BCUT2D eigenvalue weighted by Crippen LogP contribution is -2.22. The Kier molecular flexibility index (Phi) is 4.10. The SMILES string of the molecule is CN(C)S(=O)(=O)c1cccc(NCc2cncn2C)c1. The van der Waals surface area contributed by atoms with Gasteiger partial charge in [-0.3, -0.25) is 0 Å². The van der Waals surface area contributed by atoms with Crippen LogP contribution in [0.4, 0.5) is 5.69 Å². The number of aryl methyl sites for hydroxylation is 1. The lowest BCUT2D eigenvalue weighted by atomic mass is 10.3. The first-order valence-electron chi connectivity index (χ1n) is 6.13. The zero-order valence-corrected chi connectivity index (χ0v) is 12.6. The Morgan fingerprint density at radius 3 is 2.70 bits per heavy atom. The molecule has 1 aromatic carbocycles. The minimum absolute atomic E-state index is 0.275. The van der Waals surface area contributed by atoms with Crippen molar-refractivity contribution >= 4 is 15.7 Å². The van der Waals surface area contributed by atoms with Gasteiger partial charge in [0, 0.05) is 33.0 Å². The first kappa shape index (κ1) is 14.5. The van der Waals surface area contributed by atoms with Gasteiger partial charge in [-0.2, -0.15) is 0 Å². The quantitative estimate of drug-likeness (QED) is 0.902. The lowest BCUT2D eigenvalue weighted by Gasteiger charge is -2.13. The topological polar surface area (TPSA) is 67.2 Å². The largest absolute Gasteiger partial charge is 0.379 e. The number of imidazole rings is 1. The third-order valence-corrected chi connectivity index (χ3v) is 4.81. The molecule has 0 aliphatic rings. The summed E-state index contributed by atoms with van der Waals surface area (Å²) in [4.78, 5) is 4.31. The minimum atomic E-state index is -3.40. The number of hydrogen-bond donors (Lipinski definition) is 1. The van der Waals surface area contributed by atoms with Gasteiger partial charge in [-0.1, -0.05) is 6.07 Å². The van der Waals surface area contributed by atoms with Crippen LogP contribution >= 0.6 is 0 Å². The molecule has 0 spiro atoms. The lowest BCUT2D eigenvalue weighted by molar-refractivity contribution is 0.521. The molecule has 0 radical (unpaired) electrons. The second kappa shape index (κ2) is 5.64. The highest BCUT2D eigenvalue weighted by Crippen LogP contribution is 2.18. The van der Waals surface area contributed by atoms with Gasteiger partial charge >= 0.3 is 0 Å². The molecule has 0 bridgehead atoms. The number of aromatic nitrogens is 2. The predicted molar refractivity (Wildman–Crippen MR) is 77.8 cm³/mol. The second-order valence-corrected chi connectivity index (χ2v) is 6.82. The number of nitrogens with one attached hydrogen (secondary N) is 1. The normalized spacial score (nSPS) is 11.8. The van der Waals surface area contributed by atoms with Crippen LogP contribution in [0.2, 0.25) is 0 Å². The summed E-state index contributed by atoms with van der Waals surface area (Å²) in [6, 6.07) is 6.78. The van der Waals surface area contributed by atoms with Crippen LogP contribution in [-0.4, -0.2) is 36.4 Å². The van der Waals surface area contributed by atoms with E-state index in [0.29, 0.717) is 6.54 Å². The summed E-state index contributed by atoms with van der Waals surface area (Å²) in [6.45, 7) is 0.585. The molecule has 0 amide bonds. The predicted octanol–water partition coefficient (Wildman–Crippen LogP) is 1.28. The summed E-state index contributed by atoms with van der Waals surface area (Å²) in [5.74, 6) is 0. The van der Waals surface area contributed by atoms with E-state index in [4.69, 9.17) is 0 Å². The Morgan fingerprint density at radius 1 is 1.35 bits per heavy atom. The minimum Gasteiger partial charge on any atom is -0.379 e. The van der Waals surface area contributed by atoms with Gasteiger partial charge in [0.1, 0.15) is 0 Å². The van der Waals surface area contributed by atoms with Crippen molar-refractivity contribution in [3.63, 3.8) is 0 Å². The van der Waals surface area contributed by atoms with Gasteiger partial charge in [0.05, 0.1) is 23.5 Å². The number of nitrogens with zero attached hydrogens (tertiary/aromatic N) is 3. The molecule has 0 atom stereocenters. The van der Waals surface area contributed by atoms with Crippen LogP contribution in [0.5, 0.6) is 0 Å². The van der Waals surface area contributed by atoms with Crippen LogP contribution in [0, 0.1) is 0 Å². The fourth-order valence-electron chi connectivity index (χ4n) is 1.72. The maximum absolute atomic E-state index is 12.1. The zero-order valence-electron chi connectivity index (χ0n) is 11.7. The van der Waals surface area contributed by atoms with Crippen molar-refractivity contribution in [2.45, 2.75) is 11.4 Å². The van der Waals surface area contributed by atoms with E-state index in [1.54, 1.807) is 30.7 Å². The Morgan fingerprint density at radius 2 is 2.10 bits per heavy atom. The summed E-state index contributed by atoms with van der Waals surface area (Å²) in [5.41, 5.74) is 1.78. The smallest absolute Gasteiger partial charge is 0.242 e. The number of benzene rings is 1. The van der Waals surface area contributed by atoms with Gasteiger partial charge in [-0.15, -0.1) is 0 Å². The molecule has 0 fully saturated rings. The average molecular weight is 294 g/mol. The molecular weight excluding hydrogens is 276 g/mol. The molecular formula is C13H18N4O2S. The van der Waals surface area contributed by atoms with Crippen molar-refractivity contribution < 1.29 is 8.42 Å². The molecule has 0 saturated carbocycles. The van der Waals surface area contributed by atoms with Gasteiger partial charge in [0.25, 0.3) is 0 Å². The first-order valence-corrected chi connectivity index (χ1v) is 7.57. The van der Waals surface area contributed by atoms with E-state index >= 15 is 0 Å². The van der Waals surface area contributed by atoms with Crippen molar-refractivity contribution in [2.24, 2.45) is 7.05 Å². The molecule has 0 unspecified atom stereocenters. The van der Waals surface area contributed by atoms with Crippen molar-refractivity contribution in [1.82, 2.24) is 13.9 Å². The number of rotatable bonds is 5. The number of sulfonamides is 1. The molecule has 0 aliphatic carbocycles. The summed E-state index contributed by atoms with van der Waals surface area (Å²) in [7, 11) is 1.55. The Hall–Kier alpha value is -1.86. The summed E-state index contributed by atoms with van der Waals surface area (Å²) >= 11 is 0. The van der Waals surface area contributed by atoms with E-state index in [-0.39, 0.29) is 4.90 Å². The number of hydrogen-bond acceptors (Lipinski definition) is 4. The summed E-state index contributed by atoms with van der Waals surface area (Å²) in [5, 5.41) is 3.20. The van der Waals surface area contributed by atoms with Crippen molar-refractivity contribution in [1.29, 1.82) is 0 Å². The highest BCUT2D eigenvalue weighted by Gasteiger charge is 2.17. The fourth-order valence-corrected chi connectivity index (χ4v) is 2.67. The third-order valence-electron chi connectivity index (χ3n) is 3.00. The molecule has 1 N–H and O–H groups in total. The molecule has 1 aromatic heterocycles. The van der Waals surface area contributed by atoms with E-state index in [9.17, 15) is 8.42 Å². The van der Waals surface area contributed by atoms with E-state index in [1.807, 2.05) is 17.7 Å². The van der Waals surface area contributed by atoms with Crippen LogP contribution in [0.25, 0.3) is 0 Å². The molecule has 0 aliphatic heterocycles. The first-order chi connectivity index (χ1) is 9.41. The van der Waals surface area contributed by atoms with Crippen LogP contribution < -0.4 is 5.32 Å². The van der Waals surface area contributed by atoms with Crippen LogP contribution in [0.15, 0.2) is 41.7 Å². The highest BCUT2D eigenvalue weighted by atomic mass is 32.2. The molecule has 0 saturated heterocycles. The van der Waals surface area contributed by atoms with Gasteiger partial charge < -0.3 is 9.88 Å². The second-order valence-electron chi connectivity index (χ2n) is 4.66. The zero-order chi connectivity index (χ0) is 14.8. The van der Waals surface area contributed by atoms with Gasteiger partial charge in [0.15, 0.2) is 0 Å².